The summed E-state index contributed by atoms with van der Waals surface area (Å²) in [6.07, 6.45) is 3.19. The maximum Gasteiger partial charge on any atom is 0.311 e. The van der Waals surface area contributed by atoms with Crippen molar-refractivity contribution in [1.29, 1.82) is 0 Å². The molecule has 2 heterocycles. The van der Waals surface area contributed by atoms with Crippen LogP contribution in [0.4, 0.5) is 5.82 Å². The fourth-order valence-electron chi connectivity index (χ4n) is 3.48. The van der Waals surface area contributed by atoms with Crippen LogP contribution in [0.15, 0.2) is 0 Å². The van der Waals surface area contributed by atoms with Crippen LogP contribution in [0.25, 0.3) is 0 Å². The second-order valence-electron chi connectivity index (χ2n) is 5.13. The van der Waals surface area contributed by atoms with Gasteiger partial charge in [-0.05, 0) is 25.7 Å². The molecule has 0 unspecified atom stereocenters. The second kappa shape index (κ2) is 3.48. The van der Waals surface area contributed by atoms with E-state index in [4.69, 9.17) is 0 Å². The topological polar surface area (TPSA) is 67.2 Å². The van der Waals surface area contributed by atoms with Crippen molar-refractivity contribution in [3.05, 3.63) is 11.3 Å². The largest absolute Gasteiger partial charge is 0.481 e. The van der Waals surface area contributed by atoms with E-state index in [0.29, 0.717) is 6.04 Å². The minimum Gasteiger partial charge on any atom is -0.481 e. The first-order valence-electron chi connectivity index (χ1n) is 6.12. The first kappa shape index (κ1) is 10.6. The van der Waals surface area contributed by atoms with Crippen LogP contribution in [0.3, 0.4) is 0 Å². The summed E-state index contributed by atoms with van der Waals surface area (Å²) in [5.74, 6) is 0.0363. The van der Waals surface area contributed by atoms with Crippen molar-refractivity contribution in [2.24, 2.45) is 13.0 Å². The molecule has 1 saturated carbocycles. The van der Waals surface area contributed by atoms with E-state index in [1.807, 2.05) is 14.0 Å². The van der Waals surface area contributed by atoms with Crippen LogP contribution in [-0.4, -0.2) is 26.9 Å². The molecule has 0 spiro atoms. The minimum absolute atomic E-state index is 0.225. The zero-order valence-electron chi connectivity index (χ0n) is 10.1. The third kappa shape index (κ3) is 1.38. The molecule has 5 nitrogen and oxygen atoms in total. The van der Waals surface area contributed by atoms with Crippen LogP contribution < -0.4 is 5.32 Å². The van der Waals surface area contributed by atoms with E-state index in [2.05, 4.69) is 10.4 Å². The molecule has 2 aliphatic rings. The van der Waals surface area contributed by atoms with Crippen molar-refractivity contribution < 1.29 is 9.90 Å². The fourth-order valence-corrected chi connectivity index (χ4v) is 3.48. The Balaban J connectivity index is 2.15. The molecule has 0 aromatic carbocycles. The van der Waals surface area contributed by atoms with E-state index in [1.54, 1.807) is 4.68 Å². The maximum atomic E-state index is 11.6. The summed E-state index contributed by atoms with van der Waals surface area (Å²) in [4.78, 5) is 11.6. The molecule has 1 aliphatic carbocycles. The Hall–Kier alpha value is -1.52. The molecule has 1 fully saturated rings. The Kier molecular flexibility index (Phi) is 2.18. The number of nitrogens with zero attached hydrogens (tertiary/aromatic N) is 2. The lowest BCUT2D eigenvalue weighted by atomic mass is 9.79. The van der Waals surface area contributed by atoms with Gasteiger partial charge in [-0.2, -0.15) is 5.10 Å². The first-order valence-corrected chi connectivity index (χ1v) is 6.12. The Labute approximate surface area is 99.8 Å². The van der Waals surface area contributed by atoms with Crippen molar-refractivity contribution in [2.45, 2.75) is 38.1 Å². The number of carboxylic acid groups (broad SMARTS) is 1. The van der Waals surface area contributed by atoms with E-state index in [-0.39, 0.29) is 11.8 Å². The van der Waals surface area contributed by atoms with Gasteiger partial charge in [-0.15, -0.1) is 0 Å². The van der Waals surface area contributed by atoms with Gasteiger partial charge in [0.05, 0.1) is 11.6 Å². The molecule has 0 radical (unpaired) electrons. The SMILES string of the molecule is Cc1nn(C)c2c1[C@H](C(=O)O)[C@H]1CCC[C@@H]1N2. The van der Waals surface area contributed by atoms with Gasteiger partial charge in [0.15, 0.2) is 0 Å². The number of hydrogen-bond donors (Lipinski definition) is 2. The predicted octanol–water partition coefficient (Wildman–Crippen LogP) is 1.49. The van der Waals surface area contributed by atoms with Crippen molar-refractivity contribution in [3.8, 4) is 0 Å². The number of aliphatic carboxylic acids is 1. The second-order valence-corrected chi connectivity index (χ2v) is 5.13. The molecule has 17 heavy (non-hydrogen) atoms. The van der Waals surface area contributed by atoms with Gasteiger partial charge in [-0.25, -0.2) is 0 Å². The third-order valence-corrected chi connectivity index (χ3v) is 4.17. The Morgan fingerprint density at radius 2 is 2.29 bits per heavy atom. The van der Waals surface area contributed by atoms with Gasteiger partial charge in [0, 0.05) is 18.7 Å². The number of carboxylic acids is 1. The molecule has 0 saturated heterocycles. The highest BCUT2D eigenvalue weighted by Crippen LogP contribution is 2.46. The molecule has 1 aromatic heterocycles. The van der Waals surface area contributed by atoms with Crippen LogP contribution in [0, 0.1) is 12.8 Å². The molecular weight excluding hydrogens is 218 g/mol. The molecule has 2 N–H and O–H groups in total. The number of anilines is 1. The van der Waals surface area contributed by atoms with Gasteiger partial charge in [-0.3, -0.25) is 9.48 Å². The van der Waals surface area contributed by atoms with Crippen molar-refractivity contribution >= 4 is 11.8 Å². The van der Waals surface area contributed by atoms with Gasteiger partial charge in [-0.1, -0.05) is 6.42 Å². The summed E-state index contributed by atoms with van der Waals surface area (Å²) >= 11 is 0. The molecule has 0 amide bonds. The molecule has 3 rings (SSSR count). The highest BCUT2D eigenvalue weighted by molar-refractivity contribution is 5.81. The van der Waals surface area contributed by atoms with Gasteiger partial charge in [0.1, 0.15) is 5.82 Å². The average Bonchev–Trinajstić information content (AvgIpc) is 2.82. The van der Waals surface area contributed by atoms with Crippen LogP contribution in [-0.2, 0) is 11.8 Å². The van der Waals surface area contributed by atoms with Gasteiger partial charge in [0.25, 0.3) is 0 Å². The molecular formula is C12H17N3O2. The number of hydrogen-bond acceptors (Lipinski definition) is 3. The lowest BCUT2D eigenvalue weighted by molar-refractivity contribution is -0.140. The van der Waals surface area contributed by atoms with Crippen LogP contribution in [0.1, 0.15) is 36.4 Å². The van der Waals surface area contributed by atoms with Gasteiger partial charge in [0.2, 0.25) is 0 Å². The van der Waals surface area contributed by atoms with E-state index >= 15 is 0 Å². The first-order chi connectivity index (χ1) is 8.09. The number of rotatable bonds is 1. The van der Waals surface area contributed by atoms with Crippen molar-refractivity contribution in [3.63, 3.8) is 0 Å². The highest BCUT2D eigenvalue weighted by Gasteiger charge is 2.45. The zero-order valence-corrected chi connectivity index (χ0v) is 10.1. The summed E-state index contributed by atoms with van der Waals surface area (Å²) < 4.78 is 1.77. The average molecular weight is 235 g/mol. The lowest BCUT2D eigenvalue weighted by Crippen LogP contribution is -2.38. The van der Waals surface area contributed by atoms with E-state index in [9.17, 15) is 9.90 Å². The number of aromatic nitrogens is 2. The molecule has 92 valence electrons. The van der Waals surface area contributed by atoms with Crippen molar-refractivity contribution in [1.82, 2.24) is 9.78 Å². The smallest absolute Gasteiger partial charge is 0.311 e. The van der Waals surface area contributed by atoms with E-state index in [0.717, 1.165) is 36.3 Å². The van der Waals surface area contributed by atoms with Crippen molar-refractivity contribution in [2.75, 3.05) is 5.32 Å². The van der Waals surface area contributed by atoms with Crippen LogP contribution in [0.5, 0.6) is 0 Å². The Morgan fingerprint density at radius 1 is 1.53 bits per heavy atom. The zero-order chi connectivity index (χ0) is 12.2. The van der Waals surface area contributed by atoms with E-state index in [1.165, 1.54) is 0 Å². The predicted molar refractivity (Wildman–Crippen MR) is 63.1 cm³/mol. The highest BCUT2D eigenvalue weighted by atomic mass is 16.4. The number of carbonyl (C=O) groups is 1. The normalized spacial score (nSPS) is 30.6. The third-order valence-electron chi connectivity index (χ3n) is 4.17. The summed E-state index contributed by atoms with van der Waals surface area (Å²) in [5, 5.41) is 17.3. The molecule has 1 aliphatic heterocycles. The quantitative estimate of drug-likeness (QED) is 0.774. The Bertz CT molecular complexity index is 480. The van der Waals surface area contributed by atoms with Gasteiger partial charge < -0.3 is 10.4 Å². The lowest BCUT2D eigenvalue weighted by Gasteiger charge is -2.33. The number of aryl methyl sites for hydroxylation is 2. The fraction of sp³-hybridized carbons (Fsp3) is 0.667. The summed E-state index contributed by atoms with van der Waals surface area (Å²) in [5.41, 5.74) is 1.73. The number of fused-ring (bicyclic) bond motifs is 2. The summed E-state index contributed by atoms with van der Waals surface area (Å²) in [6, 6.07) is 0.304. The molecule has 1 aromatic rings. The summed E-state index contributed by atoms with van der Waals surface area (Å²) in [6.45, 7) is 1.89. The molecule has 5 heteroatoms. The van der Waals surface area contributed by atoms with Crippen LogP contribution >= 0.6 is 0 Å². The Morgan fingerprint density at radius 3 is 3.00 bits per heavy atom. The summed E-state index contributed by atoms with van der Waals surface area (Å²) in [7, 11) is 1.87. The van der Waals surface area contributed by atoms with Crippen LogP contribution in [0.2, 0.25) is 0 Å². The maximum absolute atomic E-state index is 11.6. The number of nitrogens with one attached hydrogen (secondary N) is 1. The van der Waals surface area contributed by atoms with Gasteiger partial charge >= 0.3 is 5.97 Å². The van der Waals surface area contributed by atoms with E-state index < -0.39 is 5.97 Å². The monoisotopic (exact) mass is 235 g/mol. The standard InChI is InChI=1S/C12H17N3O2/c1-6-9-10(12(16)17)7-4-3-5-8(7)13-11(9)15(2)14-6/h7-8,10,13H,3-5H2,1-2H3,(H,16,17)/t7-,8-,10+/m0/s1. The molecule has 0 bridgehead atoms. The minimum atomic E-state index is -0.708. The molecule has 3 atom stereocenters.